The van der Waals surface area contributed by atoms with E-state index in [0.717, 1.165) is 75.5 Å². The fraction of sp³-hybridized carbons (Fsp3) is 0.692. The normalized spacial score (nSPS) is 27.7. The Labute approximate surface area is 210 Å². The molecule has 9 heteroatoms. The third kappa shape index (κ3) is 5.92. The number of halogens is 2. The summed E-state index contributed by atoms with van der Waals surface area (Å²) < 4.78 is 19.0. The van der Waals surface area contributed by atoms with Crippen molar-refractivity contribution >= 4 is 34.3 Å². The lowest BCUT2D eigenvalue weighted by Crippen LogP contribution is -2.47. The summed E-state index contributed by atoms with van der Waals surface area (Å²) in [4.78, 5) is 17.0. The second-order valence-corrected chi connectivity index (χ2v) is 11.2. The molecule has 2 N–H and O–H groups in total. The molecule has 1 saturated heterocycles. The molecular formula is C26H36ClFN4O3. The van der Waals surface area contributed by atoms with Crippen LogP contribution in [0.25, 0.3) is 11.0 Å². The summed E-state index contributed by atoms with van der Waals surface area (Å²) in [6.45, 7) is 5.00. The lowest BCUT2D eigenvalue weighted by atomic mass is 9.73. The number of aliphatic hydroxyl groups is 1. The number of amides is 1. The molecule has 0 unspecified atom stereocenters. The minimum atomic E-state index is -0.492. The summed E-state index contributed by atoms with van der Waals surface area (Å²) in [6, 6.07) is 3.23. The molecule has 1 amide bonds. The molecular weight excluding hydrogens is 471 g/mol. The number of piperazine rings is 1. The Morgan fingerprint density at radius 1 is 1.11 bits per heavy atom. The largest absolute Gasteiger partial charge is 0.396 e. The molecule has 3 aliphatic rings. The Bertz CT molecular complexity index is 1010. The van der Waals surface area contributed by atoms with E-state index in [1.54, 1.807) is 6.07 Å². The first-order valence-electron chi connectivity index (χ1n) is 13.1. The van der Waals surface area contributed by atoms with Gasteiger partial charge in [0, 0.05) is 51.3 Å². The Balaban J connectivity index is 0.996. The summed E-state index contributed by atoms with van der Waals surface area (Å²) >= 11 is 5.97. The number of benzene rings is 1. The predicted octanol–water partition coefficient (Wildman–Crippen LogP) is 4.22. The Kier molecular flexibility index (Phi) is 7.80. The maximum atomic E-state index is 13.7. The first kappa shape index (κ1) is 24.8. The van der Waals surface area contributed by atoms with Gasteiger partial charge in [-0.1, -0.05) is 16.8 Å². The highest BCUT2D eigenvalue weighted by atomic mass is 35.5. The number of rotatable bonds is 8. The van der Waals surface area contributed by atoms with Crippen LogP contribution in [0.2, 0.25) is 5.02 Å². The van der Waals surface area contributed by atoms with Gasteiger partial charge >= 0.3 is 0 Å². The molecule has 192 valence electrons. The van der Waals surface area contributed by atoms with E-state index in [4.69, 9.17) is 21.2 Å². The minimum Gasteiger partial charge on any atom is -0.396 e. The van der Waals surface area contributed by atoms with Gasteiger partial charge in [0.2, 0.25) is 5.91 Å². The van der Waals surface area contributed by atoms with Crippen LogP contribution in [0.1, 0.15) is 51.4 Å². The number of hydrogen-bond acceptors (Lipinski definition) is 6. The smallest absolute Gasteiger partial charge is 0.220 e. The SMILES string of the molecule is O=C(CC1CC(CO)C1)N[C@H]1CC[C@H](CCN2CCN(c3noc4cc(F)c(Cl)cc34)CC2)CC1. The molecule has 2 saturated carbocycles. The van der Waals surface area contributed by atoms with Gasteiger partial charge in [0.25, 0.3) is 0 Å². The summed E-state index contributed by atoms with van der Waals surface area (Å²) in [7, 11) is 0. The molecule has 0 radical (unpaired) electrons. The zero-order valence-corrected chi connectivity index (χ0v) is 21.0. The van der Waals surface area contributed by atoms with Crippen molar-refractivity contribution in [3.63, 3.8) is 0 Å². The quantitative estimate of drug-likeness (QED) is 0.558. The second kappa shape index (κ2) is 11.0. The summed E-state index contributed by atoms with van der Waals surface area (Å²) in [5.74, 6) is 2.06. The van der Waals surface area contributed by atoms with Crippen LogP contribution in [0.4, 0.5) is 10.2 Å². The van der Waals surface area contributed by atoms with E-state index in [-0.39, 0.29) is 17.5 Å². The number of carbonyl (C=O) groups is 1. The standard InChI is InChI=1S/C26H36ClFN4O3/c27-22-14-21-24(15-23(22)28)35-30-26(21)32-9-7-31(8-10-32)6-5-17-1-3-20(4-2-17)29-25(34)13-18-11-19(12-18)16-33/h14-15,17-20,33H,1-13,16H2,(H,29,34)/t17-,18?,19?,20-. The van der Waals surface area contributed by atoms with Crippen LogP contribution in [-0.2, 0) is 4.79 Å². The zero-order chi connectivity index (χ0) is 24.4. The average molecular weight is 507 g/mol. The van der Waals surface area contributed by atoms with Crippen molar-refractivity contribution in [2.24, 2.45) is 17.8 Å². The number of aromatic nitrogens is 1. The van der Waals surface area contributed by atoms with Crippen molar-refractivity contribution in [1.29, 1.82) is 0 Å². The molecule has 1 aromatic carbocycles. The number of nitrogens with zero attached hydrogens (tertiary/aromatic N) is 3. The van der Waals surface area contributed by atoms with Crippen LogP contribution in [0.15, 0.2) is 16.7 Å². The highest BCUT2D eigenvalue weighted by Crippen LogP contribution is 2.36. The summed E-state index contributed by atoms with van der Waals surface area (Å²) in [6.07, 6.45) is 8.34. The monoisotopic (exact) mass is 506 g/mol. The minimum absolute atomic E-state index is 0.0874. The van der Waals surface area contributed by atoms with Gasteiger partial charge in [0.1, 0.15) is 5.82 Å². The number of hydrogen-bond donors (Lipinski definition) is 2. The molecule has 7 nitrogen and oxygen atoms in total. The van der Waals surface area contributed by atoms with Crippen LogP contribution in [0.5, 0.6) is 0 Å². The molecule has 2 heterocycles. The molecule has 0 atom stereocenters. The number of aliphatic hydroxyl groups excluding tert-OH is 1. The van der Waals surface area contributed by atoms with Gasteiger partial charge in [-0.15, -0.1) is 0 Å². The summed E-state index contributed by atoms with van der Waals surface area (Å²) in [5.41, 5.74) is 0.425. The number of anilines is 1. The average Bonchev–Trinajstić information content (AvgIpc) is 3.23. The van der Waals surface area contributed by atoms with Crippen LogP contribution < -0.4 is 10.2 Å². The van der Waals surface area contributed by atoms with Gasteiger partial charge in [-0.25, -0.2) is 4.39 Å². The third-order valence-electron chi connectivity index (χ3n) is 8.30. The Morgan fingerprint density at radius 2 is 1.86 bits per heavy atom. The lowest BCUT2D eigenvalue weighted by Gasteiger charge is -2.36. The van der Waals surface area contributed by atoms with Crippen LogP contribution in [0.3, 0.4) is 0 Å². The first-order chi connectivity index (χ1) is 17.0. The van der Waals surface area contributed by atoms with Gasteiger partial charge in [0.15, 0.2) is 11.4 Å². The molecule has 2 aromatic rings. The maximum Gasteiger partial charge on any atom is 0.220 e. The maximum absolute atomic E-state index is 13.7. The van der Waals surface area contributed by atoms with Gasteiger partial charge < -0.3 is 19.8 Å². The Hall–Kier alpha value is -1.90. The van der Waals surface area contributed by atoms with Gasteiger partial charge in [-0.05, 0) is 75.3 Å². The van der Waals surface area contributed by atoms with Gasteiger partial charge in [-0.3, -0.25) is 9.69 Å². The number of nitrogens with one attached hydrogen (secondary N) is 1. The van der Waals surface area contributed by atoms with E-state index in [2.05, 4.69) is 20.3 Å². The van der Waals surface area contributed by atoms with Crippen LogP contribution in [-0.4, -0.2) is 66.4 Å². The van der Waals surface area contributed by atoms with Crippen molar-refractivity contribution in [1.82, 2.24) is 15.4 Å². The van der Waals surface area contributed by atoms with Crippen molar-refractivity contribution in [2.45, 2.75) is 57.4 Å². The van der Waals surface area contributed by atoms with Gasteiger partial charge in [-0.2, -0.15) is 0 Å². The lowest BCUT2D eigenvalue weighted by molar-refractivity contribution is -0.124. The van der Waals surface area contributed by atoms with Crippen LogP contribution >= 0.6 is 11.6 Å². The molecule has 5 rings (SSSR count). The van der Waals surface area contributed by atoms with Crippen molar-refractivity contribution in [3.8, 4) is 0 Å². The van der Waals surface area contributed by atoms with E-state index >= 15 is 0 Å². The first-order valence-corrected chi connectivity index (χ1v) is 13.5. The topological polar surface area (TPSA) is 81.8 Å². The second-order valence-electron chi connectivity index (χ2n) is 10.8. The molecule has 1 aliphatic heterocycles. The summed E-state index contributed by atoms with van der Waals surface area (Å²) in [5, 5.41) is 17.4. The van der Waals surface area contributed by atoms with Crippen LogP contribution in [0, 0.1) is 23.6 Å². The fourth-order valence-corrected chi connectivity index (χ4v) is 6.19. The van der Waals surface area contributed by atoms with Gasteiger partial charge in [0.05, 0.1) is 10.4 Å². The molecule has 0 spiro atoms. The molecule has 3 fully saturated rings. The van der Waals surface area contributed by atoms with Crippen molar-refractivity contribution in [2.75, 3.05) is 44.2 Å². The highest BCUT2D eigenvalue weighted by molar-refractivity contribution is 6.31. The van der Waals surface area contributed by atoms with Crippen molar-refractivity contribution in [3.05, 3.63) is 23.0 Å². The van der Waals surface area contributed by atoms with E-state index in [1.807, 2.05) is 0 Å². The van der Waals surface area contributed by atoms with Crippen molar-refractivity contribution < 1.29 is 18.8 Å². The molecule has 1 aromatic heterocycles. The fourth-order valence-electron chi connectivity index (χ4n) is 6.03. The molecule has 35 heavy (non-hydrogen) atoms. The highest BCUT2D eigenvalue weighted by Gasteiger charge is 2.31. The number of carbonyl (C=O) groups excluding carboxylic acids is 1. The van der Waals surface area contributed by atoms with E-state index in [9.17, 15) is 9.18 Å². The third-order valence-corrected chi connectivity index (χ3v) is 8.59. The molecule has 2 aliphatic carbocycles. The molecule has 0 bridgehead atoms. The number of fused-ring (bicyclic) bond motifs is 1. The predicted molar refractivity (Wildman–Crippen MR) is 134 cm³/mol. The van der Waals surface area contributed by atoms with E-state index in [1.165, 1.54) is 25.3 Å². The van der Waals surface area contributed by atoms with E-state index in [0.29, 0.717) is 29.9 Å². The van der Waals surface area contributed by atoms with E-state index < -0.39 is 5.82 Å². The Morgan fingerprint density at radius 3 is 2.57 bits per heavy atom. The zero-order valence-electron chi connectivity index (χ0n) is 20.2.